The third kappa shape index (κ3) is 3.64. The van der Waals surface area contributed by atoms with Crippen LogP contribution in [-0.4, -0.2) is 34.0 Å². The lowest BCUT2D eigenvalue weighted by atomic mass is 10.0. The normalized spacial score (nSPS) is 19.3. The second-order valence-corrected chi connectivity index (χ2v) is 6.21. The first-order valence-corrected chi connectivity index (χ1v) is 8.15. The van der Waals surface area contributed by atoms with E-state index in [9.17, 15) is 0 Å². The fraction of sp³-hybridized carbons (Fsp3) is 0.412. The maximum atomic E-state index is 5.90. The van der Waals surface area contributed by atoms with Crippen LogP contribution in [0, 0.1) is 0 Å². The summed E-state index contributed by atoms with van der Waals surface area (Å²) in [5, 5.41) is 0.721. The summed E-state index contributed by atoms with van der Waals surface area (Å²) in [6.45, 7) is 2.72. The van der Waals surface area contributed by atoms with Gasteiger partial charge in [-0.25, -0.2) is 9.97 Å². The summed E-state index contributed by atoms with van der Waals surface area (Å²) in [4.78, 5) is 11.4. The molecule has 2 aromatic rings. The Labute approximate surface area is 136 Å². The van der Waals surface area contributed by atoms with E-state index < -0.39 is 0 Å². The van der Waals surface area contributed by atoms with E-state index in [1.165, 1.54) is 19.3 Å². The first kappa shape index (κ1) is 15.4. The molecular formula is C17H21ClN4. The summed E-state index contributed by atoms with van der Waals surface area (Å²) < 4.78 is 0. The van der Waals surface area contributed by atoms with Gasteiger partial charge in [0, 0.05) is 47.7 Å². The van der Waals surface area contributed by atoms with Crippen molar-refractivity contribution in [2.75, 3.05) is 13.1 Å². The molecule has 0 radical (unpaired) electrons. The van der Waals surface area contributed by atoms with Crippen molar-refractivity contribution in [3.63, 3.8) is 0 Å². The zero-order chi connectivity index (χ0) is 15.4. The average Bonchev–Trinajstić information content (AvgIpc) is 2.57. The summed E-state index contributed by atoms with van der Waals surface area (Å²) in [5.74, 6) is 0.731. The van der Waals surface area contributed by atoms with Crippen molar-refractivity contribution < 1.29 is 0 Å². The lowest BCUT2D eigenvalue weighted by Gasteiger charge is -2.34. The second kappa shape index (κ2) is 7.18. The van der Waals surface area contributed by atoms with Gasteiger partial charge >= 0.3 is 0 Å². The lowest BCUT2D eigenvalue weighted by Crippen LogP contribution is -2.43. The van der Waals surface area contributed by atoms with E-state index in [2.05, 4.69) is 14.9 Å². The molecule has 0 saturated carbocycles. The minimum Gasteiger partial charge on any atom is -0.329 e. The van der Waals surface area contributed by atoms with E-state index in [4.69, 9.17) is 17.3 Å². The monoisotopic (exact) mass is 316 g/mol. The summed E-state index contributed by atoms with van der Waals surface area (Å²) in [5.41, 5.74) is 7.99. The number of benzene rings is 1. The van der Waals surface area contributed by atoms with Crippen molar-refractivity contribution >= 4 is 11.6 Å². The molecular weight excluding hydrogens is 296 g/mol. The molecule has 0 spiro atoms. The van der Waals surface area contributed by atoms with Crippen molar-refractivity contribution in [2.24, 2.45) is 5.73 Å². The molecule has 0 unspecified atom stereocenters. The highest BCUT2D eigenvalue weighted by Gasteiger charge is 2.21. The second-order valence-electron chi connectivity index (χ2n) is 5.78. The smallest absolute Gasteiger partial charge is 0.159 e. The van der Waals surface area contributed by atoms with Crippen LogP contribution in [0.1, 0.15) is 24.8 Å². The predicted molar refractivity (Wildman–Crippen MR) is 89.6 cm³/mol. The molecule has 22 heavy (non-hydrogen) atoms. The highest BCUT2D eigenvalue weighted by molar-refractivity contribution is 6.30. The van der Waals surface area contributed by atoms with Gasteiger partial charge in [0.15, 0.2) is 5.82 Å². The number of likely N-dealkylation sites (tertiary alicyclic amines) is 1. The van der Waals surface area contributed by atoms with Crippen LogP contribution in [0.5, 0.6) is 0 Å². The first-order chi connectivity index (χ1) is 10.8. The molecule has 0 bridgehead atoms. The van der Waals surface area contributed by atoms with Crippen LogP contribution in [0.25, 0.3) is 11.4 Å². The van der Waals surface area contributed by atoms with Crippen LogP contribution in [0.2, 0.25) is 5.02 Å². The van der Waals surface area contributed by atoms with E-state index in [1.807, 2.05) is 36.7 Å². The van der Waals surface area contributed by atoms with E-state index in [0.29, 0.717) is 6.04 Å². The Bertz CT molecular complexity index is 597. The van der Waals surface area contributed by atoms with Gasteiger partial charge in [-0.3, -0.25) is 4.90 Å². The molecule has 2 N–H and O–H groups in total. The Morgan fingerprint density at radius 3 is 2.55 bits per heavy atom. The van der Waals surface area contributed by atoms with Gasteiger partial charge in [-0.05, 0) is 43.7 Å². The Kier molecular flexibility index (Phi) is 5.03. The molecule has 0 amide bonds. The number of halogens is 1. The largest absolute Gasteiger partial charge is 0.329 e. The van der Waals surface area contributed by atoms with Crippen LogP contribution < -0.4 is 5.73 Å². The molecule has 2 heterocycles. The zero-order valence-corrected chi connectivity index (χ0v) is 13.3. The fourth-order valence-electron chi connectivity index (χ4n) is 2.95. The Hall–Kier alpha value is -1.49. The van der Waals surface area contributed by atoms with Gasteiger partial charge in [0.2, 0.25) is 0 Å². The van der Waals surface area contributed by atoms with Crippen LogP contribution >= 0.6 is 11.6 Å². The van der Waals surface area contributed by atoms with Gasteiger partial charge in [0.25, 0.3) is 0 Å². The van der Waals surface area contributed by atoms with Gasteiger partial charge in [-0.1, -0.05) is 18.0 Å². The molecule has 1 atom stereocenters. The number of nitrogens with two attached hydrogens (primary N) is 1. The number of hydrogen-bond acceptors (Lipinski definition) is 4. The SMILES string of the molecule is NC[C@H]1CCCCN1Cc1cnc(-c2ccc(Cl)cc2)nc1. The van der Waals surface area contributed by atoms with Crippen molar-refractivity contribution in [1.29, 1.82) is 0 Å². The first-order valence-electron chi connectivity index (χ1n) is 7.77. The van der Waals surface area contributed by atoms with Gasteiger partial charge in [-0.15, -0.1) is 0 Å². The third-order valence-electron chi connectivity index (χ3n) is 4.21. The van der Waals surface area contributed by atoms with Gasteiger partial charge < -0.3 is 5.73 Å². The summed E-state index contributed by atoms with van der Waals surface area (Å²) in [7, 11) is 0. The molecule has 1 aromatic carbocycles. The molecule has 3 rings (SSSR count). The van der Waals surface area contributed by atoms with Crippen LogP contribution in [-0.2, 0) is 6.54 Å². The number of piperidine rings is 1. The Balaban J connectivity index is 1.70. The number of nitrogens with zero attached hydrogens (tertiary/aromatic N) is 3. The molecule has 1 saturated heterocycles. The lowest BCUT2D eigenvalue weighted by molar-refractivity contribution is 0.144. The molecule has 5 heteroatoms. The molecule has 116 valence electrons. The van der Waals surface area contributed by atoms with E-state index >= 15 is 0 Å². The molecule has 0 aliphatic carbocycles. The zero-order valence-electron chi connectivity index (χ0n) is 12.6. The summed E-state index contributed by atoms with van der Waals surface area (Å²) in [6.07, 6.45) is 7.56. The minimum atomic E-state index is 0.490. The van der Waals surface area contributed by atoms with E-state index in [0.717, 1.165) is 41.6 Å². The van der Waals surface area contributed by atoms with Crippen LogP contribution in [0.4, 0.5) is 0 Å². The summed E-state index contributed by atoms with van der Waals surface area (Å²) >= 11 is 5.90. The van der Waals surface area contributed by atoms with Crippen molar-refractivity contribution in [3.05, 3.63) is 47.2 Å². The standard InChI is InChI=1S/C17H21ClN4/c18-15-6-4-14(5-7-15)17-20-10-13(11-21-17)12-22-8-2-1-3-16(22)9-19/h4-7,10-11,16H,1-3,8-9,12,19H2/t16-/m1/s1. The minimum absolute atomic E-state index is 0.490. The van der Waals surface area contributed by atoms with E-state index in [-0.39, 0.29) is 0 Å². The molecule has 1 fully saturated rings. The van der Waals surface area contributed by atoms with Gasteiger partial charge in [-0.2, -0.15) is 0 Å². The fourth-order valence-corrected chi connectivity index (χ4v) is 3.08. The van der Waals surface area contributed by atoms with Crippen molar-refractivity contribution in [1.82, 2.24) is 14.9 Å². The third-order valence-corrected chi connectivity index (χ3v) is 4.47. The highest BCUT2D eigenvalue weighted by Crippen LogP contribution is 2.20. The molecule has 1 aliphatic heterocycles. The van der Waals surface area contributed by atoms with Crippen LogP contribution in [0.15, 0.2) is 36.7 Å². The maximum Gasteiger partial charge on any atom is 0.159 e. The van der Waals surface area contributed by atoms with E-state index in [1.54, 1.807) is 0 Å². The Morgan fingerprint density at radius 1 is 1.14 bits per heavy atom. The van der Waals surface area contributed by atoms with Gasteiger partial charge in [0.05, 0.1) is 0 Å². The van der Waals surface area contributed by atoms with Gasteiger partial charge in [0.1, 0.15) is 0 Å². The molecule has 1 aromatic heterocycles. The number of rotatable bonds is 4. The van der Waals surface area contributed by atoms with Crippen molar-refractivity contribution in [3.8, 4) is 11.4 Å². The average molecular weight is 317 g/mol. The molecule has 1 aliphatic rings. The maximum absolute atomic E-state index is 5.90. The summed E-state index contributed by atoms with van der Waals surface area (Å²) in [6, 6.07) is 8.07. The van der Waals surface area contributed by atoms with Crippen LogP contribution in [0.3, 0.4) is 0 Å². The topological polar surface area (TPSA) is 55.0 Å². The predicted octanol–water partition coefficient (Wildman–Crippen LogP) is 3.11. The number of aromatic nitrogens is 2. The highest BCUT2D eigenvalue weighted by atomic mass is 35.5. The Morgan fingerprint density at radius 2 is 1.86 bits per heavy atom. The molecule has 4 nitrogen and oxygen atoms in total. The number of hydrogen-bond donors (Lipinski definition) is 1. The quantitative estimate of drug-likeness (QED) is 0.941. The van der Waals surface area contributed by atoms with Crippen molar-refractivity contribution in [2.45, 2.75) is 31.8 Å².